The van der Waals surface area contributed by atoms with Crippen LogP contribution in [0.1, 0.15) is 11.3 Å². The summed E-state index contributed by atoms with van der Waals surface area (Å²) in [6.45, 7) is 1.99. The summed E-state index contributed by atoms with van der Waals surface area (Å²) in [6, 6.07) is 3.35. The van der Waals surface area contributed by atoms with Gasteiger partial charge in [0.05, 0.1) is 11.9 Å². The SMILES string of the molecule is Cc1ccc(CNC(=O)Nc2cnn(CC(=O)O)c2)cn1. The van der Waals surface area contributed by atoms with Crippen molar-refractivity contribution < 1.29 is 14.7 Å². The molecule has 2 heterocycles. The van der Waals surface area contributed by atoms with E-state index in [4.69, 9.17) is 5.11 Å². The molecule has 2 rings (SSSR count). The highest BCUT2D eigenvalue weighted by atomic mass is 16.4. The van der Waals surface area contributed by atoms with Crippen molar-refractivity contribution in [2.45, 2.75) is 20.0 Å². The quantitative estimate of drug-likeness (QED) is 0.760. The molecule has 0 aliphatic carbocycles. The fourth-order valence-corrected chi connectivity index (χ4v) is 1.61. The summed E-state index contributed by atoms with van der Waals surface area (Å²) >= 11 is 0. The van der Waals surface area contributed by atoms with Gasteiger partial charge in [0.1, 0.15) is 6.54 Å². The Morgan fingerprint density at radius 3 is 2.81 bits per heavy atom. The van der Waals surface area contributed by atoms with E-state index in [9.17, 15) is 9.59 Å². The van der Waals surface area contributed by atoms with Crippen LogP contribution in [0.3, 0.4) is 0 Å². The van der Waals surface area contributed by atoms with Crippen molar-refractivity contribution in [1.29, 1.82) is 0 Å². The van der Waals surface area contributed by atoms with E-state index >= 15 is 0 Å². The summed E-state index contributed by atoms with van der Waals surface area (Å²) in [5.41, 5.74) is 2.22. The molecular weight excluding hydrogens is 274 g/mol. The van der Waals surface area contributed by atoms with Crippen molar-refractivity contribution in [3.05, 3.63) is 42.0 Å². The minimum atomic E-state index is -0.999. The van der Waals surface area contributed by atoms with Gasteiger partial charge in [-0.3, -0.25) is 14.5 Å². The molecule has 110 valence electrons. The lowest BCUT2D eigenvalue weighted by atomic mass is 10.2. The van der Waals surface area contributed by atoms with Crippen molar-refractivity contribution in [1.82, 2.24) is 20.1 Å². The van der Waals surface area contributed by atoms with Crippen molar-refractivity contribution >= 4 is 17.7 Å². The van der Waals surface area contributed by atoms with Crippen molar-refractivity contribution in [2.24, 2.45) is 0 Å². The molecular formula is C13H15N5O3. The number of urea groups is 1. The number of hydrogen-bond donors (Lipinski definition) is 3. The highest BCUT2D eigenvalue weighted by Crippen LogP contribution is 2.05. The number of nitrogens with one attached hydrogen (secondary N) is 2. The van der Waals surface area contributed by atoms with Gasteiger partial charge in [-0.1, -0.05) is 6.07 Å². The Morgan fingerprint density at radius 1 is 1.33 bits per heavy atom. The van der Waals surface area contributed by atoms with E-state index in [-0.39, 0.29) is 6.54 Å². The van der Waals surface area contributed by atoms with E-state index in [1.807, 2.05) is 19.1 Å². The first-order valence-electron chi connectivity index (χ1n) is 6.23. The van der Waals surface area contributed by atoms with Crippen LogP contribution in [0.5, 0.6) is 0 Å². The number of aliphatic carboxylic acids is 1. The Morgan fingerprint density at radius 2 is 2.14 bits per heavy atom. The number of carboxylic acid groups (broad SMARTS) is 1. The second-order valence-corrected chi connectivity index (χ2v) is 4.44. The number of amides is 2. The van der Waals surface area contributed by atoms with Crippen LogP contribution in [0.25, 0.3) is 0 Å². The molecule has 8 nitrogen and oxygen atoms in total. The van der Waals surface area contributed by atoms with E-state index < -0.39 is 12.0 Å². The summed E-state index contributed by atoms with van der Waals surface area (Å²) in [7, 11) is 0. The third-order valence-corrected chi connectivity index (χ3v) is 2.61. The summed E-state index contributed by atoms with van der Waals surface area (Å²) in [5, 5.41) is 17.7. The molecule has 0 aliphatic rings. The van der Waals surface area contributed by atoms with Gasteiger partial charge < -0.3 is 15.7 Å². The van der Waals surface area contributed by atoms with Gasteiger partial charge in [-0.05, 0) is 18.6 Å². The van der Waals surface area contributed by atoms with E-state index in [2.05, 4.69) is 20.7 Å². The Bertz CT molecular complexity index is 636. The van der Waals surface area contributed by atoms with Gasteiger partial charge in [0.25, 0.3) is 0 Å². The number of anilines is 1. The summed E-state index contributed by atoms with van der Waals surface area (Å²) in [6.07, 6.45) is 4.53. The minimum absolute atomic E-state index is 0.252. The summed E-state index contributed by atoms with van der Waals surface area (Å²) < 4.78 is 1.22. The molecule has 0 unspecified atom stereocenters. The fraction of sp³-hybridized carbons (Fsp3) is 0.231. The molecule has 0 fully saturated rings. The lowest BCUT2D eigenvalue weighted by Gasteiger charge is -2.05. The Hall–Kier alpha value is -2.90. The van der Waals surface area contributed by atoms with Gasteiger partial charge >= 0.3 is 12.0 Å². The molecule has 0 bridgehead atoms. The van der Waals surface area contributed by atoms with Gasteiger partial charge in [-0.25, -0.2) is 4.79 Å². The molecule has 2 aromatic rings. The lowest BCUT2D eigenvalue weighted by molar-refractivity contribution is -0.137. The number of nitrogens with zero attached hydrogens (tertiary/aromatic N) is 3. The first-order valence-corrected chi connectivity index (χ1v) is 6.23. The monoisotopic (exact) mass is 289 g/mol. The molecule has 21 heavy (non-hydrogen) atoms. The molecule has 8 heteroatoms. The van der Waals surface area contributed by atoms with Crippen LogP contribution < -0.4 is 10.6 Å². The predicted molar refractivity (Wildman–Crippen MR) is 74.7 cm³/mol. The number of carbonyl (C=O) groups is 2. The van der Waals surface area contributed by atoms with Crippen molar-refractivity contribution in [2.75, 3.05) is 5.32 Å². The second kappa shape index (κ2) is 6.51. The number of carboxylic acids is 1. The molecule has 0 aliphatic heterocycles. The van der Waals surface area contributed by atoms with E-state index in [1.165, 1.54) is 17.1 Å². The average Bonchev–Trinajstić information content (AvgIpc) is 2.84. The number of aromatic nitrogens is 3. The highest BCUT2D eigenvalue weighted by molar-refractivity contribution is 5.88. The van der Waals surface area contributed by atoms with Gasteiger partial charge in [-0.2, -0.15) is 5.10 Å². The highest BCUT2D eigenvalue weighted by Gasteiger charge is 2.06. The molecule has 2 aromatic heterocycles. The average molecular weight is 289 g/mol. The van der Waals surface area contributed by atoms with Crippen molar-refractivity contribution in [3.63, 3.8) is 0 Å². The minimum Gasteiger partial charge on any atom is -0.480 e. The first-order chi connectivity index (χ1) is 10.0. The number of rotatable bonds is 5. The van der Waals surface area contributed by atoms with Crippen molar-refractivity contribution in [3.8, 4) is 0 Å². The predicted octanol–water partition coefficient (Wildman–Crippen LogP) is 0.993. The van der Waals surface area contributed by atoms with Gasteiger partial charge in [0.2, 0.25) is 0 Å². The van der Waals surface area contributed by atoms with Crippen LogP contribution in [0.2, 0.25) is 0 Å². The molecule has 2 amide bonds. The molecule has 0 aromatic carbocycles. The Balaban J connectivity index is 1.82. The number of carbonyl (C=O) groups excluding carboxylic acids is 1. The van der Waals surface area contributed by atoms with Crippen LogP contribution in [0.15, 0.2) is 30.7 Å². The maximum Gasteiger partial charge on any atom is 0.325 e. The maximum atomic E-state index is 11.7. The van der Waals surface area contributed by atoms with Crippen LogP contribution in [0, 0.1) is 6.92 Å². The van der Waals surface area contributed by atoms with Gasteiger partial charge in [0.15, 0.2) is 0 Å². The number of aryl methyl sites for hydroxylation is 1. The third-order valence-electron chi connectivity index (χ3n) is 2.61. The molecule has 0 radical (unpaired) electrons. The van der Waals surface area contributed by atoms with E-state index in [0.29, 0.717) is 12.2 Å². The van der Waals surface area contributed by atoms with Crippen LogP contribution in [0.4, 0.5) is 10.5 Å². The standard InChI is InChI=1S/C13H15N5O3/c1-9-2-3-10(4-14-9)5-15-13(21)17-11-6-16-18(7-11)8-12(19)20/h2-4,6-7H,5,8H2,1H3,(H,19,20)(H2,15,17,21). The fourth-order valence-electron chi connectivity index (χ4n) is 1.61. The molecule has 0 saturated carbocycles. The Labute approximate surface area is 120 Å². The van der Waals surface area contributed by atoms with E-state index in [1.54, 1.807) is 6.20 Å². The van der Waals surface area contributed by atoms with Crippen LogP contribution in [-0.4, -0.2) is 31.9 Å². The topological polar surface area (TPSA) is 109 Å². The van der Waals surface area contributed by atoms with Crippen LogP contribution >= 0.6 is 0 Å². The molecule has 0 atom stereocenters. The third kappa shape index (κ3) is 4.60. The smallest absolute Gasteiger partial charge is 0.325 e. The number of hydrogen-bond acceptors (Lipinski definition) is 4. The first kappa shape index (κ1) is 14.5. The zero-order valence-electron chi connectivity index (χ0n) is 11.4. The normalized spacial score (nSPS) is 10.1. The number of pyridine rings is 1. The second-order valence-electron chi connectivity index (χ2n) is 4.44. The largest absolute Gasteiger partial charge is 0.480 e. The van der Waals surface area contributed by atoms with Gasteiger partial charge in [0, 0.05) is 24.6 Å². The molecule has 0 saturated heterocycles. The Kier molecular flexibility index (Phi) is 4.50. The van der Waals surface area contributed by atoms with E-state index in [0.717, 1.165) is 11.3 Å². The maximum absolute atomic E-state index is 11.7. The lowest BCUT2D eigenvalue weighted by Crippen LogP contribution is -2.28. The molecule has 3 N–H and O–H groups in total. The zero-order valence-corrected chi connectivity index (χ0v) is 11.4. The zero-order chi connectivity index (χ0) is 15.2. The summed E-state index contributed by atoms with van der Waals surface area (Å²) in [5.74, 6) is -0.999. The van der Waals surface area contributed by atoms with Crippen LogP contribution in [-0.2, 0) is 17.9 Å². The summed E-state index contributed by atoms with van der Waals surface area (Å²) in [4.78, 5) is 26.3. The van der Waals surface area contributed by atoms with Gasteiger partial charge in [-0.15, -0.1) is 0 Å². The molecule has 0 spiro atoms.